The number of anilines is 1. The Morgan fingerprint density at radius 2 is 2.11 bits per heavy atom. The molecule has 194 valence electrons. The minimum absolute atomic E-state index is 0.0653. The third-order valence-corrected chi connectivity index (χ3v) is 6.51. The van der Waals surface area contributed by atoms with Gasteiger partial charge in [-0.25, -0.2) is 9.37 Å². The van der Waals surface area contributed by atoms with Crippen LogP contribution in [0, 0.1) is 5.82 Å². The molecule has 1 aliphatic rings. The molecule has 1 aliphatic heterocycles. The average molecular weight is 507 g/mol. The number of likely N-dealkylation sites (tertiary alicyclic amines) is 1. The van der Waals surface area contributed by atoms with Crippen LogP contribution in [0.15, 0.2) is 35.0 Å². The number of aromatic amines is 1. The summed E-state index contributed by atoms with van der Waals surface area (Å²) in [6.07, 6.45) is 2.51. The van der Waals surface area contributed by atoms with Gasteiger partial charge in [0.25, 0.3) is 0 Å². The lowest BCUT2D eigenvalue weighted by atomic mass is 9.97. The molecule has 37 heavy (non-hydrogen) atoms. The molecule has 0 unspecified atom stereocenters. The fraction of sp³-hybridized carbons (Fsp3) is 0.423. The van der Waals surface area contributed by atoms with E-state index in [0.29, 0.717) is 54.9 Å². The van der Waals surface area contributed by atoms with Crippen molar-refractivity contribution in [3.8, 4) is 11.1 Å². The molecule has 0 saturated carbocycles. The van der Waals surface area contributed by atoms with Crippen LogP contribution in [0.5, 0.6) is 0 Å². The number of carbonyl (C=O) groups excluding carboxylic acids is 1. The van der Waals surface area contributed by atoms with E-state index in [0.717, 1.165) is 22.9 Å². The number of H-pyrrole nitrogens is 1. The Kier molecular flexibility index (Phi) is 6.63. The number of pyridine rings is 1. The van der Waals surface area contributed by atoms with Crippen LogP contribution in [0.25, 0.3) is 22.2 Å². The van der Waals surface area contributed by atoms with Crippen LogP contribution in [-0.4, -0.2) is 55.3 Å². The first kappa shape index (κ1) is 24.8. The summed E-state index contributed by atoms with van der Waals surface area (Å²) in [5.74, 6) is 1.50. The molecule has 1 aromatic carbocycles. The van der Waals surface area contributed by atoms with E-state index in [1.54, 1.807) is 19.2 Å². The van der Waals surface area contributed by atoms with Crippen molar-refractivity contribution in [3.05, 3.63) is 53.6 Å². The second kappa shape index (κ2) is 9.89. The highest BCUT2D eigenvalue weighted by Gasteiger charge is 2.26. The first-order valence-electron chi connectivity index (χ1n) is 12.4. The molecule has 1 amide bonds. The van der Waals surface area contributed by atoms with Gasteiger partial charge in [-0.2, -0.15) is 10.1 Å². The Morgan fingerprint density at radius 1 is 1.27 bits per heavy atom. The molecule has 5 rings (SSSR count). The van der Waals surface area contributed by atoms with E-state index in [1.165, 1.54) is 6.07 Å². The van der Waals surface area contributed by atoms with Crippen LogP contribution >= 0.6 is 0 Å². The second-order valence-corrected chi connectivity index (χ2v) is 10.4. The quantitative estimate of drug-likeness (QED) is 0.346. The highest BCUT2D eigenvalue weighted by Crippen LogP contribution is 2.33. The van der Waals surface area contributed by atoms with Gasteiger partial charge < -0.3 is 20.1 Å². The number of nitrogens with one attached hydrogen (secondary N) is 3. The lowest BCUT2D eigenvalue weighted by Crippen LogP contribution is -2.29. The normalized spacial score (nSPS) is 16.0. The molecule has 3 N–H and O–H groups in total. The summed E-state index contributed by atoms with van der Waals surface area (Å²) in [6, 6.07) is 7.14. The molecule has 3 aromatic heterocycles. The van der Waals surface area contributed by atoms with Crippen LogP contribution in [0.4, 0.5) is 10.2 Å². The molecular weight excluding hydrogens is 475 g/mol. The smallest absolute Gasteiger partial charge is 0.232 e. The Morgan fingerprint density at radius 3 is 2.81 bits per heavy atom. The number of amides is 1. The maximum absolute atomic E-state index is 15.1. The zero-order valence-corrected chi connectivity index (χ0v) is 21.4. The monoisotopic (exact) mass is 506 g/mol. The largest absolute Gasteiger partial charge is 0.363 e. The van der Waals surface area contributed by atoms with Crippen molar-refractivity contribution in [2.45, 2.75) is 58.7 Å². The fourth-order valence-corrected chi connectivity index (χ4v) is 4.45. The van der Waals surface area contributed by atoms with E-state index in [2.05, 4.69) is 36.0 Å². The number of halogens is 1. The van der Waals surface area contributed by atoms with Gasteiger partial charge in [0.2, 0.25) is 11.8 Å². The lowest BCUT2D eigenvalue weighted by molar-refractivity contribution is -0.127. The van der Waals surface area contributed by atoms with Gasteiger partial charge in [0.15, 0.2) is 17.3 Å². The van der Waals surface area contributed by atoms with Crippen LogP contribution < -0.4 is 10.6 Å². The van der Waals surface area contributed by atoms with E-state index >= 15 is 4.39 Å². The number of hydrogen-bond acceptors (Lipinski definition) is 8. The van der Waals surface area contributed by atoms with Crippen molar-refractivity contribution >= 4 is 22.8 Å². The second-order valence-electron chi connectivity index (χ2n) is 10.4. The number of benzene rings is 1. The summed E-state index contributed by atoms with van der Waals surface area (Å²) in [6.45, 7) is 9.63. The van der Waals surface area contributed by atoms with Crippen molar-refractivity contribution in [2.75, 3.05) is 18.4 Å². The predicted molar refractivity (Wildman–Crippen MR) is 137 cm³/mol. The first-order valence-corrected chi connectivity index (χ1v) is 12.4. The Hall–Kier alpha value is -3.86. The lowest BCUT2D eigenvalue weighted by Gasteiger charge is -2.15. The van der Waals surface area contributed by atoms with Gasteiger partial charge in [0.1, 0.15) is 5.82 Å². The van der Waals surface area contributed by atoms with Crippen molar-refractivity contribution in [1.29, 1.82) is 0 Å². The van der Waals surface area contributed by atoms with Crippen LogP contribution in [0.3, 0.4) is 0 Å². The molecule has 11 heteroatoms. The van der Waals surface area contributed by atoms with Gasteiger partial charge in [-0.05, 0) is 29.7 Å². The summed E-state index contributed by atoms with van der Waals surface area (Å²) >= 11 is 0. The van der Waals surface area contributed by atoms with E-state index in [9.17, 15) is 4.79 Å². The van der Waals surface area contributed by atoms with Crippen molar-refractivity contribution < 1.29 is 13.7 Å². The van der Waals surface area contributed by atoms with Gasteiger partial charge >= 0.3 is 0 Å². The molecule has 0 radical (unpaired) electrons. The summed E-state index contributed by atoms with van der Waals surface area (Å²) < 4.78 is 20.4. The molecule has 0 spiro atoms. The van der Waals surface area contributed by atoms with Gasteiger partial charge in [-0.1, -0.05) is 38.1 Å². The van der Waals surface area contributed by atoms with Crippen LogP contribution in [0.1, 0.15) is 51.4 Å². The Labute approximate surface area is 214 Å². The maximum Gasteiger partial charge on any atom is 0.232 e. The molecule has 0 bridgehead atoms. The SMILES string of the molecule is CC(=O)N1CC[C@H](Nc2n[nH]c3nccc(-c4ccc(CNCc5noc(C(C)(C)C)n5)c(F)c4)c23)C1. The van der Waals surface area contributed by atoms with E-state index in [1.807, 2.05) is 37.8 Å². The number of fused-ring (bicyclic) bond motifs is 1. The summed E-state index contributed by atoms with van der Waals surface area (Å²) in [7, 11) is 0. The highest BCUT2D eigenvalue weighted by atomic mass is 19.1. The van der Waals surface area contributed by atoms with Crippen molar-refractivity contribution in [1.82, 2.24) is 35.5 Å². The van der Waals surface area contributed by atoms with Crippen LogP contribution in [-0.2, 0) is 23.3 Å². The molecule has 1 atom stereocenters. The minimum Gasteiger partial charge on any atom is -0.363 e. The zero-order valence-electron chi connectivity index (χ0n) is 21.4. The predicted octanol–water partition coefficient (Wildman–Crippen LogP) is 3.77. The Bertz CT molecular complexity index is 1420. The molecule has 4 aromatic rings. The van der Waals surface area contributed by atoms with Gasteiger partial charge in [0.05, 0.1) is 11.9 Å². The number of hydrogen-bond donors (Lipinski definition) is 3. The Balaban J connectivity index is 1.30. The third-order valence-electron chi connectivity index (χ3n) is 6.51. The van der Waals surface area contributed by atoms with Gasteiger partial charge in [-0.3, -0.25) is 9.89 Å². The standard InChI is InChI=1S/C26H31FN8O2/c1-15(36)35-10-8-18(14-35)30-24-22-19(7-9-29-23(22)32-33-24)16-5-6-17(20(27)11-16)12-28-13-21-31-25(37-34-21)26(2,3)4/h5-7,9,11,18,28H,8,10,12-14H2,1-4H3,(H2,29,30,32,33)/t18-/m0/s1. The number of aromatic nitrogens is 5. The third kappa shape index (κ3) is 5.31. The fourth-order valence-electron chi connectivity index (χ4n) is 4.45. The van der Waals surface area contributed by atoms with Gasteiger partial charge in [0, 0.05) is 49.8 Å². The van der Waals surface area contributed by atoms with Crippen molar-refractivity contribution in [2.24, 2.45) is 0 Å². The number of nitrogens with zero attached hydrogens (tertiary/aromatic N) is 5. The summed E-state index contributed by atoms with van der Waals surface area (Å²) in [5, 5.41) is 18.8. The van der Waals surface area contributed by atoms with E-state index in [4.69, 9.17) is 4.52 Å². The van der Waals surface area contributed by atoms with Crippen molar-refractivity contribution in [3.63, 3.8) is 0 Å². The molecule has 0 aliphatic carbocycles. The van der Waals surface area contributed by atoms with Gasteiger partial charge in [-0.15, -0.1) is 0 Å². The maximum atomic E-state index is 15.1. The summed E-state index contributed by atoms with van der Waals surface area (Å²) in [5.41, 5.74) is 2.48. The average Bonchev–Trinajstić information content (AvgIpc) is 3.60. The van der Waals surface area contributed by atoms with E-state index < -0.39 is 0 Å². The zero-order chi connectivity index (χ0) is 26.2. The first-order chi connectivity index (χ1) is 17.7. The number of rotatable bonds is 7. The summed E-state index contributed by atoms with van der Waals surface area (Å²) in [4.78, 5) is 22.3. The highest BCUT2D eigenvalue weighted by molar-refractivity contribution is 6.00. The number of carbonyl (C=O) groups is 1. The molecular formula is C26H31FN8O2. The molecule has 4 heterocycles. The molecule has 1 saturated heterocycles. The topological polar surface area (TPSA) is 125 Å². The van der Waals surface area contributed by atoms with Crippen LogP contribution in [0.2, 0.25) is 0 Å². The minimum atomic E-state index is -0.315. The van der Waals surface area contributed by atoms with E-state index in [-0.39, 0.29) is 23.2 Å². The molecule has 10 nitrogen and oxygen atoms in total. The molecule has 1 fully saturated rings.